The molecule has 0 amide bonds. The van der Waals surface area contributed by atoms with E-state index in [1.165, 1.54) is 0 Å². The molecule has 0 saturated heterocycles. The van der Waals surface area contributed by atoms with Crippen molar-refractivity contribution in [3.63, 3.8) is 0 Å². The molecule has 0 aromatic rings. The summed E-state index contributed by atoms with van der Waals surface area (Å²) < 4.78 is 46.9. The summed E-state index contributed by atoms with van der Waals surface area (Å²) in [5.41, 5.74) is -1.82. The third-order valence-corrected chi connectivity index (χ3v) is 1.14. The summed E-state index contributed by atoms with van der Waals surface area (Å²) >= 11 is 8.34. The first-order chi connectivity index (χ1) is 4.15. The molecule has 0 nitrogen and oxygen atoms in total. The van der Waals surface area contributed by atoms with E-state index < -0.39 is 16.3 Å². The molecular weight excluding hydrogens is 195 g/mol. The van der Waals surface area contributed by atoms with Crippen molar-refractivity contribution in [1.29, 1.82) is 0 Å². The zero-order valence-corrected chi connectivity index (χ0v) is 5.99. The van der Waals surface area contributed by atoms with Crippen LogP contribution in [0.15, 0.2) is 12.2 Å². The fourth-order valence-electron chi connectivity index (χ4n) is 0.161. The molecule has 0 bridgehead atoms. The van der Waals surface area contributed by atoms with Crippen LogP contribution < -0.4 is 0 Å². The summed E-state index contributed by atoms with van der Waals surface area (Å²) in [5, 5.41) is -8.32. The van der Waals surface area contributed by atoms with Gasteiger partial charge in [-0.2, -0.15) is 17.6 Å². The van der Waals surface area contributed by atoms with Gasteiger partial charge in [0.1, 0.15) is 0 Å². The van der Waals surface area contributed by atoms with Crippen molar-refractivity contribution < 1.29 is 17.6 Å². The van der Waals surface area contributed by atoms with Crippen LogP contribution in [0.1, 0.15) is 0 Å². The van der Waals surface area contributed by atoms with Gasteiger partial charge in [-0.15, -0.1) is 0 Å². The predicted molar refractivity (Wildman–Crippen MR) is 30.7 cm³/mol. The number of rotatable bonds is 2. The first-order valence-corrected chi connectivity index (χ1v) is 2.74. The zero-order valence-electron chi connectivity index (χ0n) is 4.47. The third-order valence-electron chi connectivity index (χ3n) is 0.684. The minimum Gasteiger partial charge on any atom is -0.183 e. The summed E-state index contributed by atoms with van der Waals surface area (Å²) in [4.78, 5) is 0. The first kappa shape index (κ1) is 10.0. The monoisotopic (exact) mass is 196 g/mol. The molecule has 0 radical (unpaired) electrons. The van der Waals surface area contributed by atoms with Gasteiger partial charge in [0.15, 0.2) is 0 Å². The lowest BCUT2D eigenvalue weighted by Crippen LogP contribution is -2.22. The van der Waals surface area contributed by atoms with Crippen molar-refractivity contribution in [3.8, 4) is 0 Å². The maximum atomic E-state index is 11.7. The number of halogens is 6. The average molecular weight is 197 g/mol. The minimum absolute atomic E-state index is 1.82. The molecule has 0 atom stereocenters. The van der Waals surface area contributed by atoms with E-state index in [1.54, 1.807) is 0 Å². The van der Waals surface area contributed by atoms with Crippen LogP contribution in [0.25, 0.3) is 0 Å². The van der Waals surface area contributed by atoms with E-state index >= 15 is 0 Å². The smallest absolute Gasteiger partial charge is 0.183 e. The van der Waals surface area contributed by atoms with Crippen LogP contribution in [0.2, 0.25) is 0 Å². The van der Waals surface area contributed by atoms with Gasteiger partial charge < -0.3 is 0 Å². The number of allylic oxidation sites excluding steroid dienone is 1. The Morgan fingerprint density at radius 3 is 1.20 bits per heavy atom. The van der Waals surface area contributed by atoms with Crippen LogP contribution in [-0.4, -0.2) is 10.8 Å². The van der Waals surface area contributed by atoms with Crippen LogP contribution in [-0.2, 0) is 0 Å². The third kappa shape index (κ3) is 2.75. The van der Waals surface area contributed by atoms with Crippen LogP contribution in [0.3, 0.4) is 0 Å². The Labute approximate surface area is 64.4 Å². The van der Waals surface area contributed by atoms with E-state index in [0.29, 0.717) is 0 Å². The molecule has 0 aliphatic heterocycles. The van der Waals surface area contributed by atoms with Crippen LogP contribution in [0.5, 0.6) is 0 Å². The van der Waals surface area contributed by atoms with Crippen molar-refractivity contribution in [2.45, 2.75) is 10.8 Å². The molecule has 0 rings (SSSR count). The maximum Gasteiger partial charge on any atom is 0.351 e. The average Bonchev–Trinajstić information content (AvgIpc) is 1.59. The summed E-state index contributed by atoms with van der Waals surface area (Å²) in [6, 6.07) is 0. The SMILES string of the molecule is C=C(C(F)(F)Cl)C(F)(F)Cl. The zero-order chi connectivity index (χ0) is 8.58. The summed E-state index contributed by atoms with van der Waals surface area (Å²) in [6.07, 6.45) is 0. The lowest BCUT2D eigenvalue weighted by atomic mass is 10.3. The van der Waals surface area contributed by atoms with E-state index in [1.807, 2.05) is 0 Å². The van der Waals surface area contributed by atoms with Crippen molar-refractivity contribution in [2.75, 3.05) is 0 Å². The van der Waals surface area contributed by atoms with Crippen molar-refractivity contribution in [1.82, 2.24) is 0 Å². The summed E-state index contributed by atoms with van der Waals surface area (Å²) in [6.45, 7) is 2.33. The van der Waals surface area contributed by atoms with Crippen molar-refractivity contribution in [2.24, 2.45) is 0 Å². The second kappa shape index (κ2) is 2.58. The van der Waals surface area contributed by atoms with Crippen LogP contribution in [0, 0.1) is 0 Å². The second-order valence-corrected chi connectivity index (χ2v) is 2.42. The number of alkyl halides is 6. The molecule has 0 unspecified atom stereocenters. The molecule has 0 spiro atoms. The van der Waals surface area contributed by atoms with Crippen LogP contribution >= 0.6 is 23.2 Å². The van der Waals surface area contributed by atoms with Gasteiger partial charge in [0.25, 0.3) is 0 Å². The summed E-state index contributed by atoms with van der Waals surface area (Å²) in [7, 11) is 0. The standard InChI is InChI=1S/C4H2Cl2F4/c1-2(3(5,7)8)4(6,9)10/h1H2. The molecule has 0 aliphatic rings. The lowest BCUT2D eigenvalue weighted by Gasteiger charge is -2.14. The van der Waals surface area contributed by atoms with Crippen molar-refractivity contribution >= 4 is 23.2 Å². The Morgan fingerprint density at radius 2 is 1.20 bits per heavy atom. The molecule has 0 heterocycles. The molecule has 0 aromatic carbocycles. The molecule has 6 heteroatoms. The van der Waals surface area contributed by atoms with Gasteiger partial charge in [-0.25, -0.2) is 0 Å². The quantitative estimate of drug-likeness (QED) is 0.362. The highest BCUT2D eigenvalue weighted by atomic mass is 35.5. The fourth-order valence-corrected chi connectivity index (χ4v) is 0.446. The maximum absolute atomic E-state index is 11.7. The van der Waals surface area contributed by atoms with Gasteiger partial charge in [0, 0.05) is 0 Å². The van der Waals surface area contributed by atoms with Crippen LogP contribution in [0.4, 0.5) is 17.6 Å². The Bertz CT molecular complexity index is 126. The highest BCUT2D eigenvalue weighted by molar-refractivity contribution is 6.28. The highest BCUT2D eigenvalue weighted by Gasteiger charge is 2.45. The number of hydrogen-bond donors (Lipinski definition) is 0. The molecule has 0 aliphatic carbocycles. The molecule has 60 valence electrons. The molecule has 0 aromatic heterocycles. The van der Waals surface area contributed by atoms with E-state index in [4.69, 9.17) is 0 Å². The molecule has 0 fully saturated rings. The van der Waals surface area contributed by atoms with E-state index in [9.17, 15) is 17.6 Å². The van der Waals surface area contributed by atoms with Gasteiger partial charge in [-0.05, 0) is 23.2 Å². The predicted octanol–water partition coefficient (Wildman–Crippen LogP) is 3.21. The largest absolute Gasteiger partial charge is 0.351 e. The van der Waals surface area contributed by atoms with Gasteiger partial charge in [-0.1, -0.05) is 6.58 Å². The van der Waals surface area contributed by atoms with Gasteiger partial charge in [0.2, 0.25) is 0 Å². The lowest BCUT2D eigenvalue weighted by molar-refractivity contribution is 0.0571. The van der Waals surface area contributed by atoms with Gasteiger partial charge in [-0.3, -0.25) is 0 Å². The second-order valence-electron chi connectivity index (χ2n) is 1.47. The summed E-state index contributed by atoms with van der Waals surface area (Å²) in [5.74, 6) is 0. The molecule has 0 N–H and O–H groups in total. The first-order valence-electron chi connectivity index (χ1n) is 1.99. The Balaban J connectivity index is 4.40. The van der Waals surface area contributed by atoms with E-state index in [0.717, 1.165) is 0 Å². The minimum atomic E-state index is -4.16. The van der Waals surface area contributed by atoms with E-state index in [-0.39, 0.29) is 0 Å². The Morgan fingerprint density at radius 1 is 1.00 bits per heavy atom. The molecule has 0 saturated carbocycles. The van der Waals surface area contributed by atoms with Gasteiger partial charge >= 0.3 is 10.8 Å². The topological polar surface area (TPSA) is 0 Å². The number of hydrogen-bond acceptors (Lipinski definition) is 0. The van der Waals surface area contributed by atoms with Crippen molar-refractivity contribution in [3.05, 3.63) is 12.2 Å². The van der Waals surface area contributed by atoms with Gasteiger partial charge in [0.05, 0.1) is 5.57 Å². The molecule has 10 heavy (non-hydrogen) atoms. The Kier molecular flexibility index (Phi) is 2.59. The normalized spacial score (nSPS) is 13.4. The highest BCUT2D eigenvalue weighted by Crippen LogP contribution is 2.40. The Hall–Kier alpha value is 0.0400. The van der Waals surface area contributed by atoms with E-state index in [2.05, 4.69) is 29.8 Å². The molecular formula is C4H2Cl2F4. The fraction of sp³-hybridized carbons (Fsp3) is 0.500.